The van der Waals surface area contributed by atoms with E-state index in [9.17, 15) is 9.59 Å². The van der Waals surface area contributed by atoms with Crippen molar-refractivity contribution in [3.63, 3.8) is 0 Å². The molecule has 2 aromatic carbocycles. The van der Waals surface area contributed by atoms with Crippen LogP contribution in [0.1, 0.15) is 18.0 Å². The quantitative estimate of drug-likeness (QED) is 0.564. The third-order valence-corrected chi connectivity index (χ3v) is 6.99. The number of urea groups is 1. The first kappa shape index (κ1) is 23.3. The number of imidazole rings is 1. The third-order valence-electron chi connectivity index (χ3n) is 6.99. The number of benzene rings is 2. The monoisotopic (exact) mass is 503 g/mol. The molecule has 1 unspecified atom stereocenters. The Morgan fingerprint density at radius 1 is 1.08 bits per heavy atom. The number of rotatable bonds is 4. The van der Waals surface area contributed by atoms with Crippen molar-refractivity contribution < 1.29 is 19.1 Å². The van der Waals surface area contributed by atoms with E-state index in [2.05, 4.69) is 32.2 Å². The largest absolute Gasteiger partial charge is 0.486 e. The molecular formula is C26H29N7O4. The number of H-pyrrole nitrogens is 1. The molecule has 0 saturated carbocycles. The zero-order valence-corrected chi connectivity index (χ0v) is 20.6. The topological polar surface area (TPSA) is 115 Å². The van der Waals surface area contributed by atoms with E-state index in [-0.39, 0.29) is 18.5 Å². The minimum Gasteiger partial charge on any atom is -0.486 e. The van der Waals surface area contributed by atoms with Crippen LogP contribution in [0.3, 0.4) is 0 Å². The average molecular weight is 504 g/mol. The fourth-order valence-corrected chi connectivity index (χ4v) is 5.03. The van der Waals surface area contributed by atoms with Gasteiger partial charge in [0.2, 0.25) is 5.91 Å². The van der Waals surface area contributed by atoms with Gasteiger partial charge in [-0.2, -0.15) is 0 Å². The first-order chi connectivity index (χ1) is 18.1. The van der Waals surface area contributed by atoms with E-state index in [4.69, 9.17) is 9.47 Å². The first-order valence-electron chi connectivity index (χ1n) is 12.5. The second kappa shape index (κ2) is 9.74. The zero-order valence-electron chi connectivity index (χ0n) is 20.6. The highest BCUT2D eigenvalue weighted by Gasteiger charge is 2.39. The molecule has 1 aromatic heterocycles. The molecule has 0 aliphatic carbocycles. The Kier molecular flexibility index (Phi) is 6.13. The zero-order chi connectivity index (χ0) is 25.4. The normalized spacial score (nSPS) is 21.4. The molecule has 37 heavy (non-hydrogen) atoms. The van der Waals surface area contributed by atoms with Crippen molar-refractivity contribution >= 4 is 34.5 Å². The molecular weight excluding hydrogens is 474 g/mol. The molecule has 6 rings (SSSR count). The van der Waals surface area contributed by atoms with Crippen molar-refractivity contribution in [1.82, 2.24) is 25.1 Å². The number of nitrogens with one attached hydrogen (secondary N) is 2. The standard InChI is InChI=1S/C26H29N7O4/c1-31-7-2-8-32(10-9-31)23(34)15-27-25-24(17-3-6-21-22(13-17)37-12-11-36-21)33(26(35)30-25)18-4-5-19-20(14-18)29-16-28-19/h3-6,13-14,16,24H,2,7-12,15H2,1H3,(H,28,29)(H,27,30,35). The van der Waals surface area contributed by atoms with E-state index < -0.39 is 6.04 Å². The van der Waals surface area contributed by atoms with E-state index in [1.807, 2.05) is 41.3 Å². The molecule has 4 heterocycles. The Labute approximate surface area is 214 Å². The Balaban J connectivity index is 1.34. The Hall–Kier alpha value is -4.12. The second-order valence-corrected chi connectivity index (χ2v) is 9.45. The number of hydrogen-bond acceptors (Lipinski definition) is 7. The fraction of sp³-hybridized carbons (Fsp3) is 0.385. The number of likely N-dealkylation sites (N-methyl/N-ethyl adjacent to an activating group) is 1. The molecule has 2 fully saturated rings. The van der Waals surface area contributed by atoms with Crippen molar-refractivity contribution in [2.75, 3.05) is 57.9 Å². The molecule has 192 valence electrons. The van der Waals surface area contributed by atoms with Crippen molar-refractivity contribution in [2.45, 2.75) is 12.5 Å². The second-order valence-electron chi connectivity index (χ2n) is 9.45. The van der Waals surface area contributed by atoms with Crippen LogP contribution in [0.4, 0.5) is 10.5 Å². The molecule has 0 bridgehead atoms. The van der Waals surface area contributed by atoms with Gasteiger partial charge in [-0.05, 0) is 55.9 Å². The van der Waals surface area contributed by atoms with Gasteiger partial charge in [0.1, 0.15) is 31.6 Å². The van der Waals surface area contributed by atoms with Crippen molar-refractivity contribution in [2.24, 2.45) is 4.99 Å². The number of nitrogens with zero attached hydrogens (tertiary/aromatic N) is 5. The summed E-state index contributed by atoms with van der Waals surface area (Å²) < 4.78 is 11.5. The van der Waals surface area contributed by atoms with Gasteiger partial charge < -0.3 is 24.3 Å². The van der Waals surface area contributed by atoms with Gasteiger partial charge in [0.15, 0.2) is 11.5 Å². The van der Waals surface area contributed by atoms with Crippen LogP contribution in [-0.4, -0.2) is 90.5 Å². The van der Waals surface area contributed by atoms with Gasteiger partial charge in [-0.1, -0.05) is 6.07 Å². The number of carbonyl (C=O) groups excluding carboxylic acids is 2. The number of hydrogen-bond donors (Lipinski definition) is 2. The van der Waals surface area contributed by atoms with E-state index in [0.717, 1.165) is 36.1 Å². The Morgan fingerprint density at radius 3 is 2.84 bits per heavy atom. The summed E-state index contributed by atoms with van der Waals surface area (Å²) in [6, 6.07) is 10.4. The molecule has 3 aliphatic rings. The summed E-state index contributed by atoms with van der Waals surface area (Å²) >= 11 is 0. The van der Waals surface area contributed by atoms with Crippen LogP contribution in [0.25, 0.3) is 11.0 Å². The maximum Gasteiger partial charge on any atom is 0.328 e. The lowest BCUT2D eigenvalue weighted by atomic mass is 10.0. The van der Waals surface area contributed by atoms with Crippen molar-refractivity contribution in [1.29, 1.82) is 0 Å². The highest BCUT2D eigenvalue weighted by Crippen LogP contribution is 2.38. The van der Waals surface area contributed by atoms with Crippen LogP contribution in [0, 0.1) is 0 Å². The lowest BCUT2D eigenvalue weighted by Crippen LogP contribution is -2.36. The highest BCUT2D eigenvalue weighted by molar-refractivity contribution is 6.17. The van der Waals surface area contributed by atoms with Gasteiger partial charge in [0.05, 0.1) is 17.4 Å². The van der Waals surface area contributed by atoms with Gasteiger partial charge in [0.25, 0.3) is 0 Å². The maximum atomic E-state index is 13.3. The smallest absolute Gasteiger partial charge is 0.328 e. The van der Waals surface area contributed by atoms with Crippen LogP contribution >= 0.6 is 0 Å². The molecule has 0 radical (unpaired) electrons. The summed E-state index contributed by atoms with van der Waals surface area (Å²) in [7, 11) is 2.06. The van der Waals surface area contributed by atoms with Crippen LogP contribution in [0.2, 0.25) is 0 Å². The number of anilines is 1. The van der Waals surface area contributed by atoms with Crippen LogP contribution < -0.4 is 19.7 Å². The molecule has 11 heteroatoms. The van der Waals surface area contributed by atoms with Gasteiger partial charge in [-0.25, -0.2) is 9.78 Å². The van der Waals surface area contributed by atoms with E-state index in [1.165, 1.54) is 0 Å². The lowest BCUT2D eigenvalue weighted by molar-refractivity contribution is -0.129. The lowest BCUT2D eigenvalue weighted by Gasteiger charge is -2.25. The molecule has 3 aliphatic heterocycles. The molecule has 2 saturated heterocycles. The summed E-state index contributed by atoms with van der Waals surface area (Å²) in [6.07, 6.45) is 2.55. The molecule has 1 atom stereocenters. The van der Waals surface area contributed by atoms with E-state index in [1.54, 1.807) is 11.2 Å². The fourth-order valence-electron chi connectivity index (χ4n) is 5.03. The number of fused-ring (bicyclic) bond motifs is 2. The predicted octanol–water partition coefficient (Wildman–Crippen LogP) is 2.17. The minimum atomic E-state index is -0.567. The van der Waals surface area contributed by atoms with Gasteiger partial charge in [0, 0.05) is 25.3 Å². The van der Waals surface area contributed by atoms with Crippen molar-refractivity contribution in [3.8, 4) is 11.5 Å². The number of amidine groups is 1. The number of amides is 3. The third kappa shape index (κ3) is 4.57. The highest BCUT2D eigenvalue weighted by atomic mass is 16.6. The summed E-state index contributed by atoms with van der Waals surface area (Å²) in [4.78, 5) is 44.1. The van der Waals surface area contributed by atoms with E-state index >= 15 is 0 Å². The van der Waals surface area contributed by atoms with E-state index in [0.29, 0.717) is 49.3 Å². The summed E-state index contributed by atoms with van der Waals surface area (Å²) in [5.41, 5.74) is 3.09. The first-order valence-corrected chi connectivity index (χ1v) is 12.5. The van der Waals surface area contributed by atoms with Gasteiger partial charge >= 0.3 is 6.03 Å². The van der Waals surface area contributed by atoms with Crippen LogP contribution in [-0.2, 0) is 4.79 Å². The Bertz CT molecular complexity index is 1370. The predicted molar refractivity (Wildman–Crippen MR) is 138 cm³/mol. The summed E-state index contributed by atoms with van der Waals surface area (Å²) in [5, 5.41) is 2.91. The molecule has 2 N–H and O–H groups in total. The SMILES string of the molecule is CN1CCCN(C(=O)C/N=C2/NC(=O)N(c3ccc4[nH]cnc4c3)C2c2ccc3c(c2)OCCO3)CC1. The molecule has 3 amide bonds. The maximum absolute atomic E-state index is 13.3. The molecule has 3 aromatic rings. The summed E-state index contributed by atoms with van der Waals surface area (Å²) in [6.45, 7) is 4.10. The number of aromatic amines is 1. The number of aliphatic imine (C=N–C) groups is 1. The Morgan fingerprint density at radius 2 is 1.95 bits per heavy atom. The minimum absolute atomic E-state index is 0.0351. The van der Waals surface area contributed by atoms with Crippen LogP contribution in [0.5, 0.6) is 11.5 Å². The molecule has 0 spiro atoms. The number of carbonyl (C=O) groups is 2. The van der Waals surface area contributed by atoms with Crippen molar-refractivity contribution in [3.05, 3.63) is 48.3 Å². The number of aromatic nitrogens is 2. The van der Waals surface area contributed by atoms with Gasteiger partial charge in [-0.3, -0.25) is 20.0 Å². The number of ether oxygens (including phenoxy) is 2. The summed E-state index contributed by atoms with van der Waals surface area (Å²) in [5.74, 6) is 1.66. The molecule has 11 nitrogen and oxygen atoms in total. The van der Waals surface area contributed by atoms with Gasteiger partial charge in [-0.15, -0.1) is 0 Å². The van der Waals surface area contributed by atoms with Crippen LogP contribution in [0.15, 0.2) is 47.7 Å². The average Bonchev–Trinajstić information content (AvgIpc) is 3.44.